The Morgan fingerprint density at radius 3 is 1.29 bits per heavy atom. The van der Waals surface area contributed by atoms with E-state index in [1.54, 1.807) is 23.5 Å². The Morgan fingerprint density at radius 1 is 0.571 bits per heavy atom. The van der Waals surface area contributed by atoms with Gasteiger partial charge in [0.1, 0.15) is 23.7 Å². The van der Waals surface area contributed by atoms with Gasteiger partial charge < -0.3 is 19.8 Å². The third-order valence-corrected chi connectivity index (χ3v) is 12.6. The lowest BCUT2D eigenvalue weighted by Crippen LogP contribution is -2.40. The van der Waals surface area contributed by atoms with Crippen molar-refractivity contribution in [1.29, 1.82) is 0 Å². The van der Waals surface area contributed by atoms with E-state index in [4.69, 9.17) is 9.97 Å². The summed E-state index contributed by atoms with van der Waals surface area (Å²) in [5, 5.41) is 0. The second-order valence-corrected chi connectivity index (χ2v) is 16.7. The van der Waals surface area contributed by atoms with E-state index in [9.17, 15) is 9.59 Å². The van der Waals surface area contributed by atoms with Gasteiger partial charge in [0, 0.05) is 11.5 Å². The van der Waals surface area contributed by atoms with Crippen LogP contribution in [0.3, 0.4) is 0 Å². The molecule has 2 saturated heterocycles. The van der Waals surface area contributed by atoms with Crippen LogP contribution in [0.5, 0.6) is 0 Å². The molecule has 4 atom stereocenters. The summed E-state index contributed by atoms with van der Waals surface area (Å²) in [7, 11) is 7.81. The van der Waals surface area contributed by atoms with Crippen molar-refractivity contribution in [3.05, 3.63) is 144 Å². The van der Waals surface area contributed by atoms with Crippen molar-refractivity contribution >= 4 is 35.3 Å². The number of amides is 2. The third-order valence-electron chi connectivity index (χ3n) is 10.6. The van der Waals surface area contributed by atoms with Crippen LogP contribution in [0.15, 0.2) is 122 Å². The topological polar surface area (TPSA) is 104 Å². The summed E-state index contributed by atoms with van der Waals surface area (Å²) in [6.07, 6.45) is 3.74. The first-order valence-corrected chi connectivity index (χ1v) is 21.1. The first-order valence-electron chi connectivity index (χ1n) is 18.8. The van der Waals surface area contributed by atoms with Crippen LogP contribution in [0.25, 0.3) is 33.6 Å². The zero-order chi connectivity index (χ0) is 38.8. The number of likely N-dealkylation sites (N-methyl/N-ethyl adjacent to an activating group) is 2. The SMILES string of the molecule is CN(C)C(C(=O)N1CSC[C@H]1c1ncc(-c2ccc(-c3ccc(-c4cnc([C@@H]5CSCN5C(=O)[C@@H](c5ccccc5)N(C)C)[nH]4)cc3)cc2)[nH]1)c1ccccc1. The molecule has 0 bridgehead atoms. The number of hydrogen-bond acceptors (Lipinski definition) is 8. The van der Waals surface area contributed by atoms with Crippen LogP contribution >= 0.6 is 23.5 Å². The van der Waals surface area contributed by atoms with E-state index >= 15 is 0 Å². The molecule has 2 amide bonds. The van der Waals surface area contributed by atoms with Crippen LogP contribution < -0.4 is 0 Å². The van der Waals surface area contributed by atoms with Gasteiger partial charge in [0.05, 0.1) is 47.6 Å². The molecule has 0 spiro atoms. The Morgan fingerprint density at radius 2 is 0.929 bits per heavy atom. The van der Waals surface area contributed by atoms with Gasteiger partial charge in [-0.2, -0.15) is 0 Å². The minimum absolute atomic E-state index is 0.0846. The molecule has 4 aromatic carbocycles. The summed E-state index contributed by atoms with van der Waals surface area (Å²) in [6, 6.07) is 35.9. The highest BCUT2D eigenvalue weighted by molar-refractivity contribution is 7.99. The predicted octanol–water partition coefficient (Wildman–Crippen LogP) is 7.89. The average molecular weight is 783 g/mol. The number of nitrogens with one attached hydrogen (secondary N) is 2. The Hall–Kier alpha value is -5.14. The van der Waals surface area contributed by atoms with Gasteiger partial charge in [-0.25, -0.2) is 9.97 Å². The summed E-state index contributed by atoms with van der Waals surface area (Å²) in [5.41, 5.74) is 8.10. The number of nitrogens with zero attached hydrogens (tertiary/aromatic N) is 6. The van der Waals surface area contributed by atoms with E-state index in [2.05, 4.69) is 58.5 Å². The van der Waals surface area contributed by atoms with Gasteiger partial charge in [0.2, 0.25) is 11.8 Å². The molecule has 286 valence electrons. The molecule has 0 aliphatic carbocycles. The van der Waals surface area contributed by atoms with Crippen molar-refractivity contribution in [1.82, 2.24) is 39.5 Å². The van der Waals surface area contributed by atoms with Gasteiger partial charge in [-0.3, -0.25) is 19.4 Å². The van der Waals surface area contributed by atoms with Crippen LogP contribution in [-0.4, -0.2) is 103 Å². The summed E-state index contributed by atoms with van der Waals surface area (Å²) in [5.74, 6) is 4.65. The van der Waals surface area contributed by atoms with Crippen LogP contribution in [0.2, 0.25) is 0 Å². The number of hydrogen-bond donors (Lipinski definition) is 2. The number of H-pyrrole nitrogens is 2. The minimum Gasteiger partial charge on any atom is -0.340 e. The molecule has 10 nitrogen and oxygen atoms in total. The third kappa shape index (κ3) is 7.66. The lowest BCUT2D eigenvalue weighted by Gasteiger charge is -2.31. The maximum absolute atomic E-state index is 13.9. The van der Waals surface area contributed by atoms with Gasteiger partial charge in [0.15, 0.2) is 0 Å². The van der Waals surface area contributed by atoms with Gasteiger partial charge in [-0.15, -0.1) is 23.5 Å². The second kappa shape index (κ2) is 16.5. The monoisotopic (exact) mass is 782 g/mol. The van der Waals surface area contributed by atoms with Crippen LogP contribution in [0.1, 0.15) is 46.9 Å². The summed E-state index contributed by atoms with van der Waals surface area (Å²) < 4.78 is 0. The molecule has 8 rings (SSSR count). The van der Waals surface area contributed by atoms with Crippen LogP contribution in [0, 0.1) is 0 Å². The van der Waals surface area contributed by atoms with E-state index in [1.807, 2.05) is 121 Å². The van der Waals surface area contributed by atoms with Gasteiger partial charge >= 0.3 is 0 Å². The highest BCUT2D eigenvalue weighted by Gasteiger charge is 2.39. The van der Waals surface area contributed by atoms with E-state index < -0.39 is 0 Å². The number of aromatic nitrogens is 4. The van der Waals surface area contributed by atoms with Gasteiger partial charge in [-0.1, -0.05) is 109 Å². The standard InChI is InChI=1S/C44H46N8O2S2/c1-49(2)39(33-11-7-5-8-12-33)43(53)51-27-55-25-37(51)41-45-23-35(47-41)31-19-15-29(16-20-31)30-17-21-32(22-18-30)36-24-46-42(48-36)38-26-56-28-52(38)44(54)40(50(3)4)34-13-9-6-10-14-34/h5-24,37-40H,25-28H2,1-4H3,(H,45,47)(H,46,48)/t37-,38-,39+,40?/m0/s1. The summed E-state index contributed by atoms with van der Waals surface area (Å²) in [4.78, 5) is 52.3. The quantitative estimate of drug-likeness (QED) is 0.137. The molecule has 1 unspecified atom stereocenters. The van der Waals surface area contributed by atoms with Crippen LogP contribution in [-0.2, 0) is 9.59 Å². The zero-order valence-corrected chi connectivity index (χ0v) is 33.6. The largest absolute Gasteiger partial charge is 0.340 e. The van der Waals surface area contributed by atoms with Crippen molar-refractivity contribution in [2.75, 3.05) is 51.4 Å². The number of aromatic amines is 2. The molecule has 2 aliphatic heterocycles. The minimum atomic E-state index is -0.355. The first kappa shape index (κ1) is 37.8. The molecule has 56 heavy (non-hydrogen) atoms. The maximum atomic E-state index is 13.9. The number of thioether (sulfide) groups is 2. The molecular formula is C44H46N8O2S2. The molecular weight excluding hydrogens is 737 g/mol. The van der Waals surface area contributed by atoms with Crippen molar-refractivity contribution < 1.29 is 9.59 Å². The Labute approximate surface area is 336 Å². The number of benzene rings is 4. The molecule has 2 aliphatic rings. The molecule has 6 aromatic rings. The summed E-state index contributed by atoms with van der Waals surface area (Å²) >= 11 is 3.51. The average Bonchev–Trinajstić information content (AvgIpc) is 4.06. The number of imidazole rings is 2. The first-order chi connectivity index (χ1) is 27.3. The van der Waals surface area contributed by atoms with E-state index in [-0.39, 0.29) is 36.0 Å². The molecule has 0 radical (unpaired) electrons. The Balaban J connectivity index is 0.930. The lowest BCUT2D eigenvalue weighted by molar-refractivity contribution is -0.137. The number of carbonyl (C=O) groups is 2. The van der Waals surface area contributed by atoms with E-state index in [0.717, 1.165) is 67.9 Å². The smallest absolute Gasteiger partial charge is 0.245 e. The van der Waals surface area contributed by atoms with E-state index in [1.165, 1.54) is 0 Å². The molecule has 12 heteroatoms. The highest BCUT2D eigenvalue weighted by Crippen LogP contribution is 2.38. The fourth-order valence-corrected chi connectivity index (χ4v) is 10.0. The summed E-state index contributed by atoms with van der Waals surface area (Å²) in [6.45, 7) is 0. The molecule has 4 heterocycles. The van der Waals surface area contributed by atoms with Crippen molar-refractivity contribution in [3.63, 3.8) is 0 Å². The van der Waals surface area contributed by atoms with Crippen molar-refractivity contribution in [2.24, 2.45) is 0 Å². The van der Waals surface area contributed by atoms with Gasteiger partial charge in [-0.05, 0) is 61.6 Å². The molecule has 2 fully saturated rings. The zero-order valence-electron chi connectivity index (χ0n) is 32.0. The maximum Gasteiger partial charge on any atom is 0.245 e. The Kier molecular flexibility index (Phi) is 11.1. The fraction of sp³-hybridized carbons (Fsp3) is 0.273. The van der Waals surface area contributed by atoms with Crippen LogP contribution in [0.4, 0.5) is 0 Å². The number of rotatable bonds is 11. The lowest BCUT2D eigenvalue weighted by atomic mass is 10.0. The predicted molar refractivity (Wildman–Crippen MR) is 227 cm³/mol. The van der Waals surface area contributed by atoms with Gasteiger partial charge in [0.25, 0.3) is 0 Å². The van der Waals surface area contributed by atoms with Crippen molar-refractivity contribution in [2.45, 2.75) is 24.2 Å². The molecule has 2 N–H and O–H groups in total. The van der Waals surface area contributed by atoms with Crippen molar-refractivity contribution in [3.8, 4) is 33.6 Å². The molecule has 0 saturated carbocycles. The molecule has 2 aromatic heterocycles. The second-order valence-electron chi connectivity index (χ2n) is 14.7. The fourth-order valence-electron chi connectivity index (χ4n) is 7.67. The normalized spacial score (nSPS) is 18.2. The Bertz CT molecular complexity index is 2100. The number of carbonyl (C=O) groups excluding carboxylic acids is 2. The highest BCUT2D eigenvalue weighted by atomic mass is 32.2. The van der Waals surface area contributed by atoms with E-state index in [0.29, 0.717) is 11.8 Å².